The maximum absolute atomic E-state index is 5.83. The summed E-state index contributed by atoms with van der Waals surface area (Å²) in [6.45, 7) is 5.16. The van der Waals surface area contributed by atoms with Gasteiger partial charge in [-0.1, -0.05) is 34.1 Å². The van der Waals surface area contributed by atoms with Crippen LogP contribution in [0.5, 0.6) is 5.75 Å². The monoisotopic (exact) mass is 353 g/mol. The molecule has 2 aliphatic rings. The Morgan fingerprint density at radius 3 is 2.81 bits per heavy atom. The first-order valence-electron chi connectivity index (χ1n) is 7.98. The van der Waals surface area contributed by atoms with Crippen LogP contribution in [0.2, 0.25) is 0 Å². The van der Waals surface area contributed by atoms with E-state index in [-0.39, 0.29) is 0 Å². The molecule has 0 bridgehead atoms. The van der Waals surface area contributed by atoms with E-state index in [1.54, 1.807) is 0 Å². The molecule has 0 saturated carbocycles. The van der Waals surface area contributed by atoms with Crippen molar-refractivity contribution >= 4 is 15.9 Å². The standard InChI is InChI=1S/C17H24BrNO2/c18-8-12-20-15-5-9-19(10-6-15)13-14-7-11-21-17-4-2-1-3-16(14)17/h1-4,14-15H,5-13H2. The minimum Gasteiger partial charge on any atom is -0.493 e. The van der Waals surface area contributed by atoms with Gasteiger partial charge in [-0.15, -0.1) is 0 Å². The largest absolute Gasteiger partial charge is 0.493 e. The number of benzene rings is 1. The van der Waals surface area contributed by atoms with Gasteiger partial charge >= 0.3 is 0 Å². The molecule has 4 heteroatoms. The number of alkyl halides is 1. The van der Waals surface area contributed by atoms with Crippen LogP contribution in [0.3, 0.4) is 0 Å². The average Bonchev–Trinajstić information content (AvgIpc) is 2.55. The van der Waals surface area contributed by atoms with Crippen LogP contribution < -0.4 is 4.74 Å². The van der Waals surface area contributed by atoms with Crippen molar-refractivity contribution in [2.75, 3.05) is 38.2 Å². The molecule has 3 rings (SSSR count). The summed E-state index contributed by atoms with van der Waals surface area (Å²) < 4.78 is 11.6. The van der Waals surface area contributed by atoms with Crippen molar-refractivity contribution in [3.8, 4) is 5.75 Å². The summed E-state index contributed by atoms with van der Waals surface area (Å²) in [5.74, 6) is 1.71. The Kier molecular flexibility index (Phi) is 5.55. The van der Waals surface area contributed by atoms with Gasteiger partial charge in [0.2, 0.25) is 0 Å². The van der Waals surface area contributed by atoms with Crippen molar-refractivity contribution < 1.29 is 9.47 Å². The maximum atomic E-state index is 5.83. The summed E-state index contributed by atoms with van der Waals surface area (Å²) in [5, 5.41) is 0.937. The Morgan fingerprint density at radius 2 is 2.00 bits per heavy atom. The van der Waals surface area contributed by atoms with Gasteiger partial charge in [0.25, 0.3) is 0 Å². The lowest BCUT2D eigenvalue weighted by Gasteiger charge is -2.35. The quantitative estimate of drug-likeness (QED) is 0.757. The summed E-state index contributed by atoms with van der Waals surface area (Å²) in [4.78, 5) is 2.60. The molecule has 2 aliphatic heterocycles. The van der Waals surface area contributed by atoms with Crippen LogP contribution in [-0.2, 0) is 4.74 Å². The van der Waals surface area contributed by atoms with E-state index < -0.39 is 0 Å². The number of hydrogen-bond acceptors (Lipinski definition) is 3. The molecule has 116 valence electrons. The van der Waals surface area contributed by atoms with Crippen LogP contribution in [0.25, 0.3) is 0 Å². The second-order valence-electron chi connectivity index (χ2n) is 5.93. The first-order chi connectivity index (χ1) is 10.4. The molecule has 0 radical (unpaired) electrons. The molecule has 1 unspecified atom stereocenters. The summed E-state index contributed by atoms with van der Waals surface area (Å²) >= 11 is 3.42. The lowest BCUT2D eigenvalue weighted by Crippen LogP contribution is -2.40. The smallest absolute Gasteiger partial charge is 0.122 e. The summed E-state index contributed by atoms with van der Waals surface area (Å²) in [5.41, 5.74) is 1.39. The number of fused-ring (bicyclic) bond motifs is 1. The van der Waals surface area contributed by atoms with Crippen molar-refractivity contribution in [2.45, 2.75) is 31.3 Å². The highest BCUT2D eigenvalue weighted by Gasteiger charge is 2.26. The number of rotatable bonds is 5. The van der Waals surface area contributed by atoms with E-state index in [0.29, 0.717) is 12.0 Å². The highest BCUT2D eigenvalue weighted by Crippen LogP contribution is 2.34. The van der Waals surface area contributed by atoms with Gasteiger partial charge in [-0.25, -0.2) is 0 Å². The van der Waals surface area contributed by atoms with E-state index in [2.05, 4.69) is 45.1 Å². The molecule has 0 N–H and O–H groups in total. The number of nitrogens with zero attached hydrogens (tertiary/aromatic N) is 1. The Balaban J connectivity index is 1.52. The maximum Gasteiger partial charge on any atom is 0.122 e. The van der Waals surface area contributed by atoms with E-state index in [1.807, 2.05) is 0 Å². The zero-order chi connectivity index (χ0) is 14.5. The van der Waals surface area contributed by atoms with E-state index in [1.165, 1.54) is 5.56 Å². The number of halogens is 1. The number of para-hydroxylation sites is 1. The number of likely N-dealkylation sites (tertiary alicyclic amines) is 1. The van der Waals surface area contributed by atoms with Gasteiger partial charge in [-0.05, 0) is 30.9 Å². The number of hydrogen-bond donors (Lipinski definition) is 0. The van der Waals surface area contributed by atoms with Gasteiger partial charge in [-0.3, -0.25) is 0 Å². The van der Waals surface area contributed by atoms with Gasteiger partial charge in [0, 0.05) is 30.9 Å². The fourth-order valence-electron chi connectivity index (χ4n) is 3.39. The highest BCUT2D eigenvalue weighted by atomic mass is 79.9. The van der Waals surface area contributed by atoms with Crippen molar-refractivity contribution in [3.63, 3.8) is 0 Å². The first kappa shape index (κ1) is 15.3. The molecule has 21 heavy (non-hydrogen) atoms. The van der Waals surface area contributed by atoms with Gasteiger partial charge in [0.15, 0.2) is 0 Å². The first-order valence-corrected chi connectivity index (χ1v) is 9.10. The molecule has 1 aromatic rings. The Hall–Kier alpha value is -0.580. The third-order valence-corrected chi connectivity index (χ3v) is 4.85. The summed E-state index contributed by atoms with van der Waals surface area (Å²) in [6, 6.07) is 8.52. The van der Waals surface area contributed by atoms with E-state index in [4.69, 9.17) is 9.47 Å². The molecule has 3 nitrogen and oxygen atoms in total. The lowest BCUT2D eigenvalue weighted by molar-refractivity contribution is 0.0138. The van der Waals surface area contributed by atoms with Gasteiger partial charge < -0.3 is 14.4 Å². The van der Waals surface area contributed by atoms with Crippen LogP contribution >= 0.6 is 15.9 Å². The normalized spacial score (nSPS) is 23.6. The molecule has 1 saturated heterocycles. The lowest BCUT2D eigenvalue weighted by atomic mass is 9.92. The van der Waals surface area contributed by atoms with Crippen LogP contribution in [0, 0.1) is 0 Å². The Morgan fingerprint density at radius 1 is 1.19 bits per heavy atom. The topological polar surface area (TPSA) is 21.7 Å². The highest BCUT2D eigenvalue weighted by molar-refractivity contribution is 9.09. The molecule has 1 aromatic carbocycles. The summed E-state index contributed by atoms with van der Waals surface area (Å²) in [7, 11) is 0. The van der Waals surface area contributed by atoms with Gasteiger partial charge in [-0.2, -0.15) is 0 Å². The number of ether oxygens (including phenoxy) is 2. The molecule has 0 spiro atoms. The fraction of sp³-hybridized carbons (Fsp3) is 0.647. The van der Waals surface area contributed by atoms with E-state index in [9.17, 15) is 0 Å². The molecule has 1 atom stereocenters. The van der Waals surface area contributed by atoms with Crippen molar-refractivity contribution in [2.24, 2.45) is 0 Å². The zero-order valence-electron chi connectivity index (χ0n) is 12.5. The number of piperidine rings is 1. The van der Waals surface area contributed by atoms with Crippen LogP contribution in [0.15, 0.2) is 24.3 Å². The Bertz CT molecular complexity index is 446. The van der Waals surface area contributed by atoms with Gasteiger partial charge in [0.1, 0.15) is 5.75 Å². The molecule has 0 aliphatic carbocycles. The third-order valence-electron chi connectivity index (χ3n) is 4.53. The molecule has 1 fully saturated rings. The third kappa shape index (κ3) is 3.99. The zero-order valence-corrected chi connectivity index (χ0v) is 14.1. The van der Waals surface area contributed by atoms with E-state index >= 15 is 0 Å². The van der Waals surface area contributed by atoms with Crippen LogP contribution in [-0.4, -0.2) is 49.2 Å². The van der Waals surface area contributed by atoms with Crippen LogP contribution in [0.1, 0.15) is 30.7 Å². The summed E-state index contributed by atoms with van der Waals surface area (Å²) in [6.07, 6.45) is 3.92. The van der Waals surface area contributed by atoms with Crippen molar-refractivity contribution in [1.29, 1.82) is 0 Å². The van der Waals surface area contributed by atoms with Gasteiger partial charge in [0.05, 0.1) is 19.3 Å². The molecule has 0 amide bonds. The fourth-order valence-corrected chi connectivity index (χ4v) is 3.57. The predicted octanol–water partition coefficient (Wildman–Crippen LogP) is 3.43. The SMILES string of the molecule is BrCCOC1CCN(CC2CCOc3ccccc32)CC1. The Labute approximate surface area is 135 Å². The second-order valence-corrected chi connectivity index (χ2v) is 6.72. The van der Waals surface area contributed by atoms with Crippen molar-refractivity contribution in [3.05, 3.63) is 29.8 Å². The van der Waals surface area contributed by atoms with E-state index in [0.717, 1.165) is 63.2 Å². The average molecular weight is 354 g/mol. The second kappa shape index (κ2) is 7.61. The molecular formula is C17H24BrNO2. The predicted molar refractivity (Wildman–Crippen MR) is 88.5 cm³/mol. The minimum absolute atomic E-state index is 0.459. The van der Waals surface area contributed by atoms with Crippen LogP contribution in [0.4, 0.5) is 0 Å². The molecular weight excluding hydrogens is 330 g/mol. The molecule has 0 aromatic heterocycles. The minimum atomic E-state index is 0.459. The molecule has 2 heterocycles. The van der Waals surface area contributed by atoms with Crippen molar-refractivity contribution in [1.82, 2.24) is 4.90 Å².